The van der Waals surface area contributed by atoms with Gasteiger partial charge < -0.3 is 9.52 Å². The maximum atomic E-state index is 13.9. The number of ketones is 2. The number of carbonyl (C=O) groups is 4. The smallest absolute Gasteiger partial charge is 0.238 e. The zero-order valence-corrected chi connectivity index (χ0v) is 22.0. The molecule has 0 bridgehead atoms. The van der Waals surface area contributed by atoms with Crippen molar-refractivity contribution in [3.8, 4) is 0 Å². The van der Waals surface area contributed by atoms with Crippen LogP contribution in [0, 0.1) is 24.7 Å². The van der Waals surface area contributed by atoms with Gasteiger partial charge >= 0.3 is 0 Å². The van der Waals surface area contributed by atoms with E-state index in [4.69, 9.17) is 16.0 Å². The number of rotatable bonds is 3. The predicted octanol–water partition coefficient (Wildman–Crippen LogP) is 4.70. The molecule has 188 valence electrons. The molecule has 4 atom stereocenters. The number of allylic oxidation sites excluding steroid dienone is 6. The fourth-order valence-corrected chi connectivity index (χ4v) is 6.77. The Bertz CT molecular complexity index is 1510. The van der Waals surface area contributed by atoms with Gasteiger partial charge in [-0.25, -0.2) is 4.90 Å². The fraction of sp³-hybridized carbons (Fsp3) is 0.286. The van der Waals surface area contributed by atoms with Gasteiger partial charge in [0, 0.05) is 22.2 Å². The van der Waals surface area contributed by atoms with Gasteiger partial charge in [-0.15, -0.1) is 0 Å². The van der Waals surface area contributed by atoms with Crippen LogP contribution in [0.15, 0.2) is 68.1 Å². The highest BCUT2D eigenvalue weighted by Crippen LogP contribution is 2.55. The lowest BCUT2D eigenvalue weighted by molar-refractivity contribution is -0.123. The Morgan fingerprint density at radius 2 is 1.89 bits per heavy atom. The van der Waals surface area contributed by atoms with Crippen molar-refractivity contribution in [1.82, 2.24) is 0 Å². The molecular weight excluding hydrogens is 562 g/mol. The summed E-state index contributed by atoms with van der Waals surface area (Å²) in [4.78, 5) is 55.0. The van der Waals surface area contributed by atoms with Crippen LogP contribution in [0.1, 0.15) is 35.8 Å². The second-order valence-electron chi connectivity index (χ2n) is 9.80. The van der Waals surface area contributed by atoms with E-state index in [0.717, 1.165) is 11.1 Å². The van der Waals surface area contributed by atoms with Crippen LogP contribution in [0.4, 0.5) is 5.69 Å². The molecular formula is C28H21BrClNO6. The number of hydrogen-bond donors (Lipinski definition) is 1. The van der Waals surface area contributed by atoms with Crippen molar-refractivity contribution in [3.63, 3.8) is 0 Å². The molecule has 1 fully saturated rings. The Balaban J connectivity index is 1.47. The Morgan fingerprint density at radius 1 is 1.11 bits per heavy atom. The lowest BCUT2D eigenvalue weighted by Gasteiger charge is -2.41. The van der Waals surface area contributed by atoms with Gasteiger partial charge in [-0.3, -0.25) is 19.2 Å². The molecule has 37 heavy (non-hydrogen) atoms. The maximum absolute atomic E-state index is 13.9. The van der Waals surface area contributed by atoms with E-state index in [1.54, 1.807) is 30.3 Å². The second kappa shape index (κ2) is 8.75. The number of halogens is 2. The minimum absolute atomic E-state index is 0.162. The lowest BCUT2D eigenvalue weighted by atomic mass is 9.60. The zero-order chi connectivity index (χ0) is 26.2. The number of benzene rings is 1. The number of nitrogens with zero attached hydrogens (tertiary/aromatic N) is 1. The quantitative estimate of drug-likeness (QED) is 0.320. The van der Waals surface area contributed by atoms with Gasteiger partial charge in [0.1, 0.15) is 18.1 Å². The van der Waals surface area contributed by atoms with Gasteiger partial charge in [0.2, 0.25) is 11.8 Å². The van der Waals surface area contributed by atoms with Gasteiger partial charge in [-0.1, -0.05) is 29.3 Å². The largest absolute Gasteiger partial charge is 0.463 e. The summed E-state index contributed by atoms with van der Waals surface area (Å²) in [5.74, 6) is -2.94. The molecule has 4 aliphatic rings. The topological polar surface area (TPSA) is 105 Å². The molecule has 0 unspecified atom stereocenters. The average molecular weight is 583 g/mol. The number of anilines is 1. The van der Waals surface area contributed by atoms with Crippen molar-refractivity contribution in [2.45, 2.75) is 32.3 Å². The van der Waals surface area contributed by atoms with Crippen molar-refractivity contribution < 1.29 is 28.7 Å². The third kappa shape index (κ3) is 3.57. The molecule has 1 aromatic heterocycles. The number of hydrogen-bond acceptors (Lipinski definition) is 6. The van der Waals surface area contributed by atoms with E-state index in [1.807, 2.05) is 13.0 Å². The molecule has 0 saturated carbocycles. The van der Waals surface area contributed by atoms with Crippen LogP contribution in [-0.2, 0) is 25.8 Å². The highest BCUT2D eigenvalue weighted by Gasteiger charge is 2.57. The molecule has 3 aliphatic carbocycles. The summed E-state index contributed by atoms with van der Waals surface area (Å²) < 4.78 is 6.02. The summed E-state index contributed by atoms with van der Waals surface area (Å²) in [7, 11) is 0. The molecule has 1 N–H and O–H groups in total. The number of aliphatic hydroxyl groups excluding tert-OH is 1. The monoisotopic (exact) mass is 581 g/mol. The molecule has 7 nitrogen and oxygen atoms in total. The first-order valence-electron chi connectivity index (χ1n) is 11.9. The number of fused-ring (bicyclic) bond motifs is 3. The van der Waals surface area contributed by atoms with Gasteiger partial charge in [-0.05, 0) is 71.4 Å². The first-order chi connectivity index (χ1) is 17.7. The molecule has 2 heterocycles. The lowest BCUT2D eigenvalue weighted by Crippen LogP contribution is -2.39. The highest BCUT2D eigenvalue weighted by molar-refractivity contribution is 9.12. The van der Waals surface area contributed by atoms with Crippen LogP contribution < -0.4 is 4.90 Å². The minimum Gasteiger partial charge on any atom is -0.463 e. The fourth-order valence-electron chi connectivity index (χ4n) is 6.14. The maximum Gasteiger partial charge on any atom is 0.238 e. The standard InChI is InChI=1S/C28H21BrClNO6/c1-12-2-3-13(8-20(12)30)31-27(35)16-6-5-15-17(23(16)28(31)36)9-18-24(21(33)10-19(29)26(18)34)25(15)22-7-4-14(11-32)37-22/h2-5,7-8,10,16-17,23,25,32H,6,9,11H2,1H3/t16-,17+,23-,25+/m0/s1. The number of amides is 2. The van der Waals surface area contributed by atoms with E-state index in [-0.39, 0.29) is 40.9 Å². The second-order valence-corrected chi connectivity index (χ2v) is 11.1. The number of furan rings is 1. The van der Waals surface area contributed by atoms with Crippen LogP contribution in [0.25, 0.3) is 0 Å². The van der Waals surface area contributed by atoms with Crippen molar-refractivity contribution in [1.29, 1.82) is 0 Å². The Labute approximate surface area is 225 Å². The van der Waals surface area contributed by atoms with Crippen molar-refractivity contribution in [2.75, 3.05) is 4.90 Å². The summed E-state index contributed by atoms with van der Waals surface area (Å²) in [6.45, 7) is 1.53. The molecule has 0 radical (unpaired) electrons. The van der Waals surface area contributed by atoms with Crippen LogP contribution in [-0.4, -0.2) is 28.5 Å². The number of Topliss-reactive ketones (excluding diaryl/α,β-unsaturated/α-hetero) is 1. The Hall–Kier alpha value is -3.07. The van der Waals surface area contributed by atoms with Gasteiger partial charge in [0.25, 0.3) is 0 Å². The van der Waals surface area contributed by atoms with Crippen LogP contribution in [0.3, 0.4) is 0 Å². The third-order valence-electron chi connectivity index (χ3n) is 7.87. The Morgan fingerprint density at radius 3 is 2.59 bits per heavy atom. The normalized spacial score (nSPS) is 27.2. The zero-order valence-electron chi connectivity index (χ0n) is 19.7. The van der Waals surface area contributed by atoms with Crippen LogP contribution in [0.2, 0.25) is 5.02 Å². The molecule has 9 heteroatoms. The summed E-state index contributed by atoms with van der Waals surface area (Å²) in [6, 6.07) is 8.40. The van der Waals surface area contributed by atoms with E-state index in [1.165, 1.54) is 11.0 Å². The van der Waals surface area contributed by atoms with Crippen LogP contribution in [0.5, 0.6) is 0 Å². The summed E-state index contributed by atoms with van der Waals surface area (Å²) in [6.07, 6.45) is 3.68. The third-order valence-corrected chi connectivity index (χ3v) is 8.86. The van der Waals surface area contributed by atoms with E-state index in [2.05, 4.69) is 15.9 Å². The average Bonchev–Trinajstić information content (AvgIpc) is 3.45. The highest BCUT2D eigenvalue weighted by atomic mass is 79.9. The first-order valence-corrected chi connectivity index (χ1v) is 13.1. The SMILES string of the molecule is Cc1ccc(N2C(=O)[C@H]3[C@H](CC=C4[C@H](c5ccc(CO)o5)C5=C(C[C@H]43)C(=O)C(Br)=CC5=O)C2=O)cc1Cl. The number of imide groups is 1. The molecule has 1 aliphatic heterocycles. The van der Waals surface area contributed by atoms with Gasteiger partial charge in [0.15, 0.2) is 11.6 Å². The van der Waals surface area contributed by atoms with Crippen LogP contribution >= 0.6 is 27.5 Å². The summed E-state index contributed by atoms with van der Waals surface area (Å²) in [5, 5.41) is 10.0. The molecule has 1 aromatic carbocycles. The number of carbonyl (C=O) groups excluding carboxylic acids is 4. The number of aryl methyl sites for hydroxylation is 1. The van der Waals surface area contributed by atoms with E-state index >= 15 is 0 Å². The van der Waals surface area contributed by atoms with Gasteiger partial charge in [0.05, 0.1) is 27.9 Å². The van der Waals surface area contributed by atoms with Crippen molar-refractivity contribution in [2.24, 2.45) is 17.8 Å². The van der Waals surface area contributed by atoms with Gasteiger partial charge in [-0.2, -0.15) is 0 Å². The Kier molecular flexibility index (Phi) is 5.74. The molecule has 2 aromatic rings. The molecule has 6 rings (SSSR count). The molecule has 2 amide bonds. The minimum atomic E-state index is -0.691. The van der Waals surface area contributed by atoms with E-state index in [9.17, 15) is 24.3 Å². The first kappa shape index (κ1) is 24.3. The van der Waals surface area contributed by atoms with Crippen molar-refractivity contribution >= 4 is 56.6 Å². The molecule has 0 spiro atoms. The number of aliphatic hydroxyl groups is 1. The molecule has 1 saturated heterocycles. The van der Waals surface area contributed by atoms with Crippen molar-refractivity contribution in [3.05, 3.63) is 85.8 Å². The summed E-state index contributed by atoms with van der Waals surface area (Å²) in [5.41, 5.74) is 2.69. The summed E-state index contributed by atoms with van der Waals surface area (Å²) >= 11 is 9.51. The predicted molar refractivity (Wildman–Crippen MR) is 138 cm³/mol. The van der Waals surface area contributed by atoms with E-state index < -0.39 is 23.7 Å². The van der Waals surface area contributed by atoms with E-state index in [0.29, 0.717) is 39.8 Å².